The van der Waals surface area contributed by atoms with Crippen LogP contribution in [0.2, 0.25) is 0 Å². The molecule has 0 radical (unpaired) electrons. The highest BCUT2D eigenvalue weighted by molar-refractivity contribution is 5.89. The minimum absolute atomic E-state index is 0.0333. The molecular weight excluding hydrogens is 324 g/mol. The van der Waals surface area contributed by atoms with Crippen LogP contribution in [0.4, 0.5) is 11.4 Å². The molecule has 0 heterocycles. The molecule has 7 nitrogen and oxygen atoms in total. The summed E-state index contributed by atoms with van der Waals surface area (Å²) in [6.07, 6.45) is 1.58. The number of methoxy groups -OCH3 is 2. The van der Waals surface area contributed by atoms with E-state index >= 15 is 0 Å². The van der Waals surface area contributed by atoms with Gasteiger partial charge in [0.1, 0.15) is 13.2 Å². The van der Waals surface area contributed by atoms with E-state index < -0.39 is 0 Å². The molecule has 0 spiro atoms. The van der Waals surface area contributed by atoms with E-state index in [4.69, 9.17) is 19.1 Å². The molecule has 0 fully saturated rings. The van der Waals surface area contributed by atoms with Crippen molar-refractivity contribution in [3.63, 3.8) is 0 Å². The topological polar surface area (TPSA) is 69.3 Å². The molecule has 0 bridgehead atoms. The standard InChI is InChI=1S/C18H30N2O5/c1-6-17(22-4)12-24-20(25-13-18(7-2)23-5)16-10-8-9-15(11-16)19-14(3)21/h8-11,17-18H,6-7,12-13H2,1-5H3,(H,19,21). The predicted octanol–water partition coefficient (Wildman–Crippen LogP) is 3.16. The van der Waals surface area contributed by atoms with Crippen molar-refractivity contribution < 1.29 is 23.9 Å². The van der Waals surface area contributed by atoms with Crippen molar-refractivity contribution in [3.05, 3.63) is 24.3 Å². The summed E-state index contributed by atoms with van der Waals surface area (Å²) in [7, 11) is 3.30. The lowest BCUT2D eigenvalue weighted by atomic mass is 10.3. The Hall–Kier alpha value is -1.67. The molecule has 2 unspecified atom stereocenters. The van der Waals surface area contributed by atoms with Crippen LogP contribution in [-0.2, 0) is 23.9 Å². The number of rotatable bonds is 12. The van der Waals surface area contributed by atoms with Crippen molar-refractivity contribution in [3.8, 4) is 0 Å². The van der Waals surface area contributed by atoms with Gasteiger partial charge in [-0.15, -0.1) is 5.23 Å². The minimum atomic E-state index is -0.138. The summed E-state index contributed by atoms with van der Waals surface area (Å²) in [5.41, 5.74) is 1.34. The Morgan fingerprint density at radius 3 is 2.08 bits per heavy atom. The average molecular weight is 354 g/mol. The first-order valence-electron chi connectivity index (χ1n) is 8.53. The number of nitrogens with one attached hydrogen (secondary N) is 1. The Morgan fingerprint density at radius 2 is 1.64 bits per heavy atom. The molecule has 0 aromatic heterocycles. The minimum Gasteiger partial charge on any atom is -0.379 e. The Balaban J connectivity index is 2.86. The van der Waals surface area contributed by atoms with Crippen LogP contribution < -0.4 is 10.5 Å². The zero-order valence-corrected chi connectivity index (χ0v) is 15.8. The Kier molecular flexibility index (Phi) is 10.1. The summed E-state index contributed by atoms with van der Waals surface area (Å²) < 4.78 is 10.7. The quantitative estimate of drug-likeness (QED) is 0.582. The molecule has 7 heteroatoms. The van der Waals surface area contributed by atoms with Gasteiger partial charge in [-0.05, 0) is 31.0 Å². The second-order valence-corrected chi connectivity index (χ2v) is 5.61. The summed E-state index contributed by atoms with van der Waals surface area (Å²) in [5, 5.41) is 4.10. The highest BCUT2D eigenvalue weighted by atomic mass is 17.0. The van der Waals surface area contributed by atoms with Crippen molar-refractivity contribution in [2.75, 3.05) is 38.0 Å². The van der Waals surface area contributed by atoms with Gasteiger partial charge in [-0.2, -0.15) is 0 Å². The summed E-state index contributed by atoms with van der Waals surface area (Å²) in [6.45, 7) is 6.21. The molecule has 0 saturated heterocycles. The maximum Gasteiger partial charge on any atom is 0.221 e. The lowest BCUT2D eigenvalue weighted by Gasteiger charge is -2.26. The van der Waals surface area contributed by atoms with Crippen LogP contribution in [0.3, 0.4) is 0 Å². The van der Waals surface area contributed by atoms with E-state index in [1.807, 2.05) is 26.0 Å². The van der Waals surface area contributed by atoms with Crippen LogP contribution in [0.5, 0.6) is 0 Å². The molecule has 1 N–H and O–H groups in total. The predicted molar refractivity (Wildman–Crippen MR) is 97.3 cm³/mol. The van der Waals surface area contributed by atoms with Crippen molar-refractivity contribution >= 4 is 17.3 Å². The molecule has 0 aliphatic rings. The van der Waals surface area contributed by atoms with Crippen LogP contribution in [0, 0.1) is 0 Å². The molecule has 1 amide bonds. The van der Waals surface area contributed by atoms with E-state index in [0.29, 0.717) is 24.6 Å². The van der Waals surface area contributed by atoms with Gasteiger partial charge in [-0.1, -0.05) is 19.9 Å². The summed E-state index contributed by atoms with van der Waals surface area (Å²) in [6, 6.07) is 7.24. The maximum atomic E-state index is 11.3. The number of benzene rings is 1. The van der Waals surface area contributed by atoms with E-state index in [-0.39, 0.29) is 18.1 Å². The SMILES string of the molecule is CCC(CON(OCC(CC)OC)c1cccc(NC(C)=O)c1)OC. The van der Waals surface area contributed by atoms with Crippen LogP contribution in [0.1, 0.15) is 33.6 Å². The van der Waals surface area contributed by atoms with Gasteiger partial charge in [-0.3, -0.25) is 4.79 Å². The molecule has 1 aromatic rings. The highest BCUT2D eigenvalue weighted by Gasteiger charge is 2.15. The van der Waals surface area contributed by atoms with Gasteiger partial charge >= 0.3 is 0 Å². The molecule has 1 aromatic carbocycles. The van der Waals surface area contributed by atoms with Gasteiger partial charge in [0.05, 0.1) is 17.9 Å². The third kappa shape index (κ3) is 7.83. The lowest BCUT2D eigenvalue weighted by molar-refractivity contribution is -0.133. The largest absolute Gasteiger partial charge is 0.379 e. The second-order valence-electron chi connectivity index (χ2n) is 5.61. The van der Waals surface area contributed by atoms with Crippen LogP contribution in [0.15, 0.2) is 24.3 Å². The number of amides is 1. The summed E-state index contributed by atoms with van der Waals surface area (Å²) in [5.74, 6) is -0.138. The van der Waals surface area contributed by atoms with Gasteiger partial charge in [0, 0.05) is 26.8 Å². The zero-order chi connectivity index (χ0) is 18.7. The van der Waals surface area contributed by atoms with Crippen LogP contribution in [-0.4, -0.2) is 45.5 Å². The van der Waals surface area contributed by atoms with Crippen molar-refractivity contribution in [2.45, 2.75) is 45.8 Å². The van der Waals surface area contributed by atoms with Gasteiger partial charge in [0.2, 0.25) is 5.91 Å². The summed E-state index contributed by atoms with van der Waals surface area (Å²) in [4.78, 5) is 22.8. The first-order chi connectivity index (χ1) is 12.0. The van der Waals surface area contributed by atoms with E-state index in [2.05, 4.69) is 5.32 Å². The third-order valence-corrected chi connectivity index (χ3v) is 3.71. The third-order valence-electron chi connectivity index (χ3n) is 3.71. The van der Waals surface area contributed by atoms with Gasteiger partial charge in [-0.25, -0.2) is 9.68 Å². The van der Waals surface area contributed by atoms with Crippen LogP contribution in [0.25, 0.3) is 0 Å². The Bertz CT molecular complexity index is 488. The first-order valence-corrected chi connectivity index (χ1v) is 8.53. The Morgan fingerprint density at radius 1 is 1.08 bits per heavy atom. The second kappa shape index (κ2) is 11.8. The molecular formula is C18H30N2O5. The van der Waals surface area contributed by atoms with E-state index in [1.165, 1.54) is 12.2 Å². The molecule has 142 valence electrons. The molecule has 2 atom stereocenters. The molecule has 1 rings (SSSR count). The van der Waals surface area contributed by atoms with Crippen molar-refractivity contribution in [1.82, 2.24) is 0 Å². The number of hydrogen-bond acceptors (Lipinski definition) is 6. The number of ether oxygens (including phenoxy) is 2. The van der Waals surface area contributed by atoms with Gasteiger partial charge in [0.25, 0.3) is 0 Å². The Labute approximate surface area is 150 Å². The fourth-order valence-electron chi connectivity index (χ4n) is 2.09. The smallest absolute Gasteiger partial charge is 0.221 e. The fraction of sp³-hybridized carbons (Fsp3) is 0.611. The van der Waals surface area contributed by atoms with E-state index in [1.54, 1.807) is 26.4 Å². The van der Waals surface area contributed by atoms with Gasteiger partial charge < -0.3 is 14.8 Å². The molecule has 0 aliphatic carbocycles. The number of carbonyl (C=O) groups is 1. The average Bonchev–Trinajstić information content (AvgIpc) is 2.61. The highest BCUT2D eigenvalue weighted by Crippen LogP contribution is 2.21. The van der Waals surface area contributed by atoms with Crippen molar-refractivity contribution in [1.29, 1.82) is 0 Å². The number of nitrogens with zero attached hydrogens (tertiary/aromatic N) is 1. The lowest BCUT2D eigenvalue weighted by Crippen LogP contribution is -2.32. The number of carbonyl (C=O) groups excluding carboxylic acids is 1. The first kappa shape index (κ1) is 21.4. The molecule has 25 heavy (non-hydrogen) atoms. The number of anilines is 2. The number of hydrogen-bond donors (Lipinski definition) is 1. The van der Waals surface area contributed by atoms with Crippen LogP contribution >= 0.6 is 0 Å². The summed E-state index contributed by atoms with van der Waals surface area (Å²) >= 11 is 0. The monoisotopic (exact) mass is 354 g/mol. The maximum absolute atomic E-state index is 11.3. The molecule has 0 aliphatic heterocycles. The van der Waals surface area contributed by atoms with Crippen molar-refractivity contribution in [2.24, 2.45) is 0 Å². The normalized spacial score (nSPS) is 13.3. The van der Waals surface area contributed by atoms with E-state index in [9.17, 15) is 4.79 Å². The van der Waals surface area contributed by atoms with Gasteiger partial charge in [0.15, 0.2) is 0 Å². The molecule has 0 saturated carbocycles. The van der Waals surface area contributed by atoms with E-state index in [0.717, 1.165) is 12.8 Å². The fourth-order valence-corrected chi connectivity index (χ4v) is 2.09. The zero-order valence-electron chi connectivity index (χ0n) is 15.8.